The van der Waals surface area contributed by atoms with Crippen molar-refractivity contribution in [2.24, 2.45) is 11.7 Å². The van der Waals surface area contributed by atoms with Gasteiger partial charge >= 0.3 is 0 Å². The highest BCUT2D eigenvalue weighted by molar-refractivity contribution is 5.76. The van der Waals surface area contributed by atoms with Crippen LogP contribution in [0.4, 0.5) is 0 Å². The first kappa shape index (κ1) is 8.53. The Balaban J connectivity index is 0.00000121. The van der Waals surface area contributed by atoms with Crippen molar-refractivity contribution in [1.29, 1.82) is 0 Å². The molecule has 2 N–H and O–H groups in total. The van der Waals surface area contributed by atoms with Gasteiger partial charge in [0.15, 0.2) is 0 Å². The maximum absolute atomic E-state index is 10.8. The van der Waals surface area contributed by atoms with Crippen molar-refractivity contribution in [2.75, 3.05) is 19.6 Å². The monoisotopic (exact) mass is 158 g/mol. The lowest BCUT2D eigenvalue weighted by atomic mass is 9.98. The number of carbonyl (C=O) groups excluding carboxylic acids is 1. The van der Waals surface area contributed by atoms with E-state index in [9.17, 15) is 4.79 Å². The van der Waals surface area contributed by atoms with Crippen LogP contribution in [-0.2, 0) is 4.79 Å². The van der Waals surface area contributed by atoms with Crippen LogP contribution in [0.3, 0.4) is 0 Å². The first-order valence-corrected chi connectivity index (χ1v) is 4.25. The van der Waals surface area contributed by atoms with Crippen molar-refractivity contribution in [3.05, 3.63) is 0 Å². The van der Waals surface area contributed by atoms with Gasteiger partial charge in [0, 0.05) is 7.97 Å². The maximum Gasteiger partial charge on any atom is 0.221 e. The number of rotatable bonds is 2. The Labute approximate surface area is 69.0 Å². The number of primary amides is 1. The molecule has 0 aromatic rings. The average Bonchev–Trinajstić information content (AvgIpc) is 2.05. The minimum atomic E-state index is -0.136. The van der Waals surface area contributed by atoms with Crippen molar-refractivity contribution < 1.29 is 6.22 Å². The van der Waals surface area contributed by atoms with E-state index in [1.54, 1.807) is 0 Å². The molecule has 1 aliphatic rings. The second kappa shape index (κ2) is 3.72. The molecule has 0 spiro atoms. The number of nitrogens with zero attached hydrogens (tertiary/aromatic N) is 1. The summed E-state index contributed by atoms with van der Waals surface area (Å²) >= 11 is 0. The standard InChI is InChI=1S/C8H16N2O.H2/c1-2-10-5-3-4-7(6-10)8(9)11;/h7H,2-6H2,1H3,(H2,9,11);1H. The maximum atomic E-state index is 10.8. The van der Waals surface area contributed by atoms with Gasteiger partial charge in [-0.3, -0.25) is 4.79 Å². The molecule has 0 radical (unpaired) electrons. The van der Waals surface area contributed by atoms with Crippen LogP contribution >= 0.6 is 0 Å². The summed E-state index contributed by atoms with van der Waals surface area (Å²) in [6.45, 7) is 5.14. The van der Waals surface area contributed by atoms with Crippen molar-refractivity contribution >= 4 is 5.91 Å². The Kier molecular flexibility index (Phi) is 2.88. The van der Waals surface area contributed by atoms with Crippen LogP contribution in [0.15, 0.2) is 0 Å². The molecule has 11 heavy (non-hydrogen) atoms. The molecule has 1 fully saturated rings. The molecule has 1 aliphatic heterocycles. The fourth-order valence-corrected chi connectivity index (χ4v) is 1.57. The first-order valence-electron chi connectivity index (χ1n) is 4.25. The van der Waals surface area contributed by atoms with Gasteiger partial charge in [-0.25, -0.2) is 0 Å². The topological polar surface area (TPSA) is 46.3 Å². The second-order valence-corrected chi connectivity index (χ2v) is 3.13. The molecular formula is C8H18N2O. The fourth-order valence-electron chi connectivity index (χ4n) is 1.57. The second-order valence-electron chi connectivity index (χ2n) is 3.13. The molecule has 3 heteroatoms. The van der Waals surface area contributed by atoms with Gasteiger partial charge in [-0.15, -0.1) is 0 Å². The smallest absolute Gasteiger partial charge is 0.221 e. The van der Waals surface area contributed by atoms with E-state index in [1.165, 1.54) is 0 Å². The molecule has 0 aliphatic carbocycles. The third-order valence-corrected chi connectivity index (χ3v) is 2.36. The highest BCUT2D eigenvalue weighted by Crippen LogP contribution is 2.14. The van der Waals surface area contributed by atoms with Crippen LogP contribution in [0.1, 0.15) is 21.2 Å². The molecule has 66 valence electrons. The van der Waals surface area contributed by atoms with Crippen LogP contribution in [0.2, 0.25) is 0 Å². The van der Waals surface area contributed by atoms with Gasteiger partial charge < -0.3 is 10.6 Å². The SMILES string of the molecule is CCN1CCCC(C(N)=O)C1.[HH]. The zero-order chi connectivity index (χ0) is 8.27. The highest BCUT2D eigenvalue weighted by Gasteiger charge is 2.22. The van der Waals surface area contributed by atoms with E-state index in [0.29, 0.717) is 0 Å². The van der Waals surface area contributed by atoms with Gasteiger partial charge in [0.2, 0.25) is 5.91 Å². The number of carbonyl (C=O) groups is 1. The quantitative estimate of drug-likeness (QED) is 0.634. The lowest BCUT2D eigenvalue weighted by Gasteiger charge is -2.29. The summed E-state index contributed by atoms with van der Waals surface area (Å²) < 4.78 is 0. The summed E-state index contributed by atoms with van der Waals surface area (Å²) in [5.74, 6) is -0.0353. The van der Waals surface area contributed by atoms with Crippen molar-refractivity contribution in [3.8, 4) is 0 Å². The molecule has 1 saturated heterocycles. The van der Waals surface area contributed by atoms with Crippen LogP contribution in [0.25, 0.3) is 0 Å². The summed E-state index contributed by atoms with van der Waals surface area (Å²) in [4.78, 5) is 13.1. The minimum absolute atomic E-state index is 0. The van der Waals surface area contributed by atoms with Gasteiger partial charge in [0.05, 0.1) is 5.92 Å². The van der Waals surface area contributed by atoms with Gasteiger partial charge in [0.25, 0.3) is 0 Å². The molecule has 1 unspecified atom stereocenters. The van der Waals surface area contributed by atoms with Gasteiger partial charge in [0.1, 0.15) is 0 Å². The summed E-state index contributed by atoms with van der Waals surface area (Å²) in [6, 6.07) is 0. The minimum Gasteiger partial charge on any atom is -0.369 e. The van der Waals surface area contributed by atoms with Gasteiger partial charge in [-0.05, 0) is 25.9 Å². The molecule has 1 amide bonds. The molecule has 0 aromatic heterocycles. The molecule has 3 nitrogen and oxygen atoms in total. The number of nitrogens with two attached hydrogens (primary N) is 1. The summed E-state index contributed by atoms with van der Waals surface area (Å²) in [5.41, 5.74) is 5.22. The first-order chi connectivity index (χ1) is 5.24. The Morgan fingerprint density at radius 2 is 2.55 bits per heavy atom. The molecule has 1 heterocycles. The molecule has 1 atom stereocenters. The van der Waals surface area contributed by atoms with Crippen LogP contribution in [0.5, 0.6) is 0 Å². The lowest BCUT2D eigenvalue weighted by molar-refractivity contribution is -0.123. The fraction of sp³-hybridized carbons (Fsp3) is 0.875. The van der Waals surface area contributed by atoms with Crippen LogP contribution in [-0.4, -0.2) is 30.4 Å². The van der Waals surface area contributed by atoms with E-state index in [2.05, 4.69) is 11.8 Å². The highest BCUT2D eigenvalue weighted by atomic mass is 16.1. The number of likely N-dealkylation sites (tertiary alicyclic amines) is 1. The number of hydrogen-bond acceptors (Lipinski definition) is 2. The Morgan fingerprint density at radius 3 is 3.09 bits per heavy atom. The van der Waals surface area contributed by atoms with E-state index < -0.39 is 0 Å². The number of piperidine rings is 1. The lowest BCUT2D eigenvalue weighted by Crippen LogP contribution is -2.40. The molecule has 0 bridgehead atoms. The summed E-state index contributed by atoms with van der Waals surface area (Å²) in [5, 5.41) is 0. The third kappa shape index (κ3) is 2.19. The normalized spacial score (nSPS) is 26.8. The Morgan fingerprint density at radius 1 is 1.82 bits per heavy atom. The molecular weight excluding hydrogens is 140 g/mol. The Bertz CT molecular complexity index is 152. The number of hydrogen-bond donors (Lipinski definition) is 1. The van der Waals surface area contributed by atoms with E-state index in [4.69, 9.17) is 5.73 Å². The van der Waals surface area contributed by atoms with Crippen molar-refractivity contribution in [1.82, 2.24) is 4.90 Å². The third-order valence-electron chi connectivity index (χ3n) is 2.36. The van der Waals surface area contributed by atoms with E-state index >= 15 is 0 Å². The zero-order valence-electron chi connectivity index (χ0n) is 7.05. The largest absolute Gasteiger partial charge is 0.369 e. The van der Waals surface area contributed by atoms with Gasteiger partial charge in [-0.2, -0.15) is 0 Å². The van der Waals surface area contributed by atoms with Crippen LogP contribution in [0, 0.1) is 5.92 Å². The summed E-state index contributed by atoms with van der Waals surface area (Å²) in [7, 11) is 0. The molecule has 1 rings (SSSR count). The zero-order valence-corrected chi connectivity index (χ0v) is 7.05. The Hall–Kier alpha value is -0.570. The molecule has 0 aromatic carbocycles. The van der Waals surface area contributed by atoms with Gasteiger partial charge in [-0.1, -0.05) is 6.92 Å². The number of amides is 1. The van der Waals surface area contributed by atoms with Crippen molar-refractivity contribution in [2.45, 2.75) is 19.8 Å². The van der Waals surface area contributed by atoms with E-state index in [1.807, 2.05) is 0 Å². The predicted molar refractivity (Wildman–Crippen MR) is 46.1 cm³/mol. The summed E-state index contributed by atoms with van der Waals surface area (Å²) in [6.07, 6.45) is 2.09. The van der Waals surface area contributed by atoms with E-state index in [-0.39, 0.29) is 13.3 Å². The van der Waals surface area contributed by atoms with Crippen molar-refractivity contribution in [3.63, 3.8) is 0 Å². The molecule has 0 saturated carbocycles. The average molecular weight is 158 g/mol. The van der Waals surface area contributed by atoms with Crippen LogP contribution < -0.4 is 5.73 Å². The van der Waals surface area contributed by atoms with E-state index in [0.717, 1.165) is 32.5 Å². The predicted octanol–water partition coefficient (Wildman–Crippen LogP) is 0.450.